The number of pyridine rings is 1. The minimum absolute atomic E-state index is 0.0352. The van der Waals surface area contributed by atoms with Gasteiger partial charge >= 0.3 is 0 Å². The molecule has 0 spiro atoms. The highest BCUT2D eigenvalue weighted by Gasteiger charge is 2.30. The number of hydrogen-bond donors (Lipinski definition) is 0. The highest BCUT2D eigenvalue weighted by atomic mass is 16.5. The van der Waals surface area contributed by atoms with Gasteiger partial charge in [-0.3, -0.25) is 14.6 Å². The van der Waals surface area contributed by atoms with Crippen LogP contribution in [-0.2, 0) is 0 Å². The van der Waals surface area contributed by atoms with Gasteiger partial charge in [-0.1, -0.05) is 0 Å². The molecule has 0 bridgehead atoms. The van der Waals surface area contributed by atoms with Crippen LogP contribution in [-0.4, -0.2) is 41.8 Å². The van der Waals surface area contributed by atoms with Crippen LogP contribution in [0.25, 0.3) is 0 Å². The fourth-order valence-corrected chi connectivity index (χ4v) is 3.70. The quantitative estimate of drug-likeness (QED) is 0.791. The zero-order chi connectivity index (χ0) is 18.7. The first-order valence-electron chi connectivity index (χ1n) is 8.90. The molecule has 1 fully saturated rings. The van der Waals surface area contributed by atoms with E-state index in [1.807, 2.05) is 26.0 Å². The van der Waals surface area contributed by atoms with Crippen LogP contribution in [0.15, 0.2) is 36.7 Å². The number of ketones is 1. The Bertz CT molecular complexity index is 794. The predicted molar refractivity (Wildman–Crippen MR) is 99.7 cm³/mol. The molecular weight excluding hydrogens is 328 g/mol. The molecule has 0 unspecified atom stereocenters. The fraction of sp³-hybridized carbons (Fsp3) is 0.381. The van der Waals surface area contributed by atoms with E-state index in [0.29, 0.717) is 24.2 Å². The van der Waals surface area contributed by atoms with Gasteiger partial charge < -0.3 is 9.64 Å². The van der Waals surface area contributed by atoms with Gasteiger partial charge in [0.1, 0.15) is 5.75 Å². The van der Waals surface area contributed by atoms with Gasteiger partial charge in [0.05, 0.1) is 7.11 Å². The summed E-state index contributed by atoms with van der Waals surface area (Å²) in [5, 5.41) is 0. The molecular formula is C21H24N2O3. The predicted octanol–water partition coefficient (Wildman–Crippen LogP) is 3.44. The number of Topliss-reactive ketones (excluding diaryl/α,β-unsaturated/α-hetero) is 1. The van der Waals surface area contributed by atoms with E-state index in [1.165, 1.54) is 0 Å². The Balaban J connectivity index is 1.77. The smallest absolute Gasteiger partial charge is 0.253 e. The average Bonchev–Trinajstić information content (AvgIpc) is 2.67. The van der Waals surface area contributed by atoms with E-state index in [1.54, 1.807) is 36.5 Å². The summed E-state index contributed by atoms with van der Waals surface area (Å²) in [5.41, 5.74) is 3.22. The summed E-state index contributed by atoms with van der Waals surface area (Å²) in [7, 11) is 1.64. The minimum atomic E-state index is -0.165. The SMILES string of the molecule is COc1c(C)cc(C(=O)[C@@H]2CCCN(C(=O)c3ccncc3)C2)cc1C. The van der Waals surface area contributed by atoms with E-state index in [2.05, 4.69) is 4.98 Å². The molecule has 1 aromatic heterocycles. The number of piperidine rings is 1. The van der Waals surface area contributed by atoms with Crippen LogP contribution in [0.2, 0.25) is 0 Å². The maximum Gasteiger partial charge on any atom is 0.253 e. The van der Waals surface area contributed by atoms with Crippen molar-refractivity contribution in [3.05, 3.63) is 58.9 Å². The van der Waals surface area contributed by atoms with Crippen LogP contribution >= 0.6 is 0 Å². The molecule has 2 heterocycles. The number of benzene rings is 1. The molecule has 1 saturated heterocycles. The van der Waals surface area contributed by atoms with E-state index >= 15 is 0 Å². The Morgan fingerprint density at radius 3 is 2.38 bits per heavy atom. The molecule has 26 heavy (non-hydrogen) atoms. The standard InChI is InChI=1S/C21H24N2O3/c1-14-11-18(12-15(2)20(14)26-3)19(24)17-5-4-10-23(13-17)21(25)16-6-8-22-9-7-16/h6-9,11-12,17H,4-5,10,13H2,1-3H3/t17-/m1/s1. The number of aromatic nitrogens is 1. The van der Waals surface area contributed by atoms with Crippen molar-refractivity contribution in [1.29, 1.82) is 0 Å². The van der Waals surface area contributed by atoms with E-state index in [4.69, 9.17) is 4.74 Å². The van der Waals surface area contributed by atoms with Crippen LogP contribution < -0.4 is 4.74 Å². The lowest BCUT2D eigenvalue weighted by atomic mass is 9.88. The third kappa shape index (κ3) is 3.62. The highest BCUT2D eigenvalue weighted by Crippen LogP contribution is 2.28. The molecule has 136 valence electrons. The number of rotatable bonds is 4. The number of nitrogens with zero attached hydrogens (tertiary/aromatic N) is 2. The number of amides is 1. The lowest BCUT2D eigenvalue weighted by Gasteiger charge is -2.32. The largest absolute Gasteiger partial charge is 0.496 e. The molecule has 2 aromatic rings. The van der Waals surface area contributed by atoms with Crippen molar-refractivity contribution in [3.63, 3.8) is 0 Å². The van der Waals surface area contributed by atoms with Crippen molar-refractivity contribution >= 4 is 11.7 Å². The molecule has 0 radical (unpaired) electrons. The second-order valence-corrected chi connectivity index (χ2v) is 6.83. The first kappa shape index (κ1) is 18.1. The summed E-state index contributed by atoms with van der Waals surface area (Å²) < 4.78 is 5.38. The van der Waals surface area contributed by atoms with Gasteiger partial charge in [0.25, 0.3) is 5.91 Å². The van der Waals surface area contributed by atoms with Crippen molar-refractivity contribution in [2.24, 2.45) is 5.92 Å². The topological polar surface area (TPSA) is 59.5 Å². The summed E-state index contributed by atoms with van der Waals surface area (Å²) in [6.07, 6.45) is 4.87. The maximum atomic E-state index is 13.0. The van der Waals surface area contributed by atoms with Gasteiger partial charge in [-0.25, -0.2) is 0 Å². The average molecular weight is 352 g/mol. The van der Waals surface area contributed by atoms with E-state index in [-0.39, 0.29) is 17.6 Å². The van der Waals surface area contributed by atoms with Gasteiger partial charge in [-0.2, -0.15) is 0 Å². The van der Waals surface area contributed by atoms with E-state index in [9.17, 15) is 9.59 Å². The van der Waals surface area contributed by atoms with Gasteiger partial charge in [0.15, 0.2) is 5.78 Å². The fourth-order valence-electron chi connectivity index (χ4n) is 3.70. The lowest BCUT2D eigenvalue weighted by Crippen LogP contribution is -2.42. The molecule has 1 aromatic carbocycles. The summed E-state index contributed by atoms with van der Waals surface area (Å²) in [6, 6.07) is 7.20. The Morgan fingerprint density at radius 2 is 1.77 bits per heavy atom. The van der Waals surface area contributed by atoms with Crippen LogP contribution in [0, 0.1) is 19.8 Å². The number of hydrogen-bond acceptors (Lipinski definition) is 4. The molecule has 3 rings (SSSR count). The Hall–Kier alpha value is -2.69. The monoisotopic (exact) mass is 352 g/mol. The normalized spacial score (nSPS) is 17.0. The first-order chi connectivity index (χ1) is 12.5. The van der Waals surface area contributed by atoms with E-state index in [0.717, 1.165) is 29.7 Å². The first-order valence-corrected chi connectivity index (χ1v) is 8.90. The summed E-state index contributed by atoms with van der Waals surface area (Å²) >= 11 is 0. The molecule has 1 atom stereocenters. The number of likely N-dealkylation sites (tertiary alicyclic amines) is 1. The third-order valence-electron chi connectivity index (χ3n) is 4.96. The van der Waals surface area contributed by atoms with E-state index < -0.39 is 0 Å². The molecule has 1 amide bonds. The van der Waals surface area contributed by atoms with Gasteiger partial charge in [0, 0.05) is 42.5 Å². The van der Waals surface area contributed by atoms with Crippen molar-refractivity contribution in [2.45, 2.75) is 26.7 Å². The van der Waals surface area contributed by atoms with Crippen LogP contribution in [0.5, 0.6) is 5.75 Å². The molecule has 5 heteroatoms. The number of ether oxygens (including phenoxy) is 1. The van der Waals surface area contributed by atoms with Crippen LogP contribution in [0.3, 0.4) is 0 Å². The molecule has 0 N–H and O–H groups in total. The zero-order valence-electron chi connectivity index (χ0n) is 15.5. The van der Waals surface area contributed by atoms with Gasteiger partial charge in [-0.15, -0.1) is 0 Å². The Morgan fingerprint density at radius 1 is 1.12 bits per heavy atom. The number of aryl methyl sites for hydroxylation is 2. The maximum absolute atomic E-state index is 13.0. The summed E-state index contributed by atoms with van der Waals surface area (Å²) in [4.78, 5) is 31.4. The van der Waals surface area contributed by atoms with Crippen molar-refractivity contribution in [2.75, 3.05) is 20.2 Å². The van der Waals surface area contributed by atoms with Gasteiger partial charge in [0.2, 0.25) is 0 Å². The number of carbonyl (C=O) groups is 2. The number of carbonyl (C=O) groups excluding carboxylic acids is 2. The summed E-state index contributed by atoms with van der Waals surface area (Å²) in [5.74, 6) is 0.722. The highest BCUT2D eigenvalue weighted by molar-refractivity contribution is 5.99. The van der Waals surface area contributed by atoms with Crippen molar-refractivity contribution in [3.8, 4) is 5.75 Å². The second-order valence-electron chi connectivity index (χ2n) is 6.83. The van der Waals surface area contributed by atoms with Crippen LogP contribution in [0.1, 0.15) is 44.7 Å². The van der Waals surface area contributed by atoms with Gasteiger partial charge in [-0.05, 0) is 62.1 Å². The minimum Gasteiger partial charge on any atom is -0.496 e. The van der Waals surface area contributed by atoms with Crippen molar-refractivity contribution in [1.82, 2.24) is 9.88 Å². The third-order valence-corrected chi connectivity index (χ3v) is 4.96. The summed E-state index contributed by atoms with van der Waals surface area (Å²) in [6.45, 7) is 5.04. The molecule has 1 aliphatic heterocycles. The van der Waals surface area contributed by atoms with Crippen molar-refractivity contribution < 1.29 is 14.3 Å². The lowest BCUT2D eigenvalue weighted by molar-refractivity contribution is 0.0637. The molecule has 0 aliphatic carbocycles. The Labute approximate surface area is 154 Å². The number of methoxy groups -OCH3 is 1. The molecule has 1 aliphatic rings. The Kier molecular flexibility index (Phi) is 5.35. The van der Waals surface area contributed by atoms with Crippen LogP contribution in [0.4, 0.5) is 0 Å². The second kappa shape index (κ2) is 7.68. The molecule has 0 saturated carbocycles. The zero-order valence-corrected chi connectivity index (χ0v) is 15.5. The molecule has 5 nitrogen and oxygen atoms in total.